The smallest absolute Gasteiger partial charge is 0.251 e. The van der Waals surface area contributed by atoms with E-state index in [1.165, 1.54) is 18.6 Å². The molecular weight excluding hydrogens is 484 g/mol. The zero-order chi connectivity index (χ0) is 24.0. The Labute approximate surface area is 207 Å². The normalized spacial score (nSPS) is 17.7. The van der Waals surface area contributed by atoms with Gasteiger partial charge < -0.3 is 10.6 Å². The van der Waals surface area contributed by atoms with Crippen LogP contribution in [-0.4, -0.2) is 46.9 Å². The Morgan fingerprint density at radius 3 is 2.73 bits per heavy atom. The fraction of sp³-hybridized carbons (Fsp3) is 0.458. The van der Waals surface area contributed by atoms with Crippen LogP contribution in [0.15, 0.2) is 35.2 Å². The Kier molecular flexibility index (Phi) is 9.70. The van der Waals surface area contributed by atoms with Crippen LogP contribution < -0.4 is 10.6 Å². The van der Waals surface area contributed by atoms with Gasteiger partial charge in [0.2, 0.25) is 0 Å². The minimum Gasteiger partial charge on any atom is -0.348 e. The Bertz CT molecular complexity index is 996. The van der Waals surface area contributed by atoms with Gasteiger partial charge >= 0.3 is 0 Å². The summed E-state index contributed by atoms with van der Waals surface area (Å²) < 4.78 is 27.3. The number of hydrogen-bond acceptors (Lipinski definition) is 4. The molecule has 2 atom stereocenters. The molecule has 1 saturated heterocycles. The number of halogens is 3. The second-order valence-corrected chi connectivity index (χ2v) is 10.7. The molecule has 33 heavy (non-hydrogen) atoms. The molecule has 180 valence electrons. The maximum Gasteiger partial charge on any atom is 0.251 e. The topological polar surface area (TPSA) is 61.4 Å². The molecule has 0 bridgehead atoms. The molecule has 1 amide bonds. The highest BCUT2D eigenvalue weighted by atomic mass is 35.5. The van der Waals surface area contributed by atoms with Crippen molar-refractivity contribution >= 4 is 39.9 Å². The molecule has 0 radical (unpaired) electrons. The number of carbonyl (C=O) groups excluding carboxylic acids is 1. The summed E-state index contributed by atoms with van der Waals surface area (Å²) in [7, 11) is 0.728. The van der Waals surface area contributed by atoms with Gasteiger partial charge in [0.05, 0.1) is 10.8 Å². The lowest BCUT2D eigenvalue weighted by Crippen LogP contribution is -2.44. The number of rotatable bonds is 9. The number of benzene rings is 2. The predicted octanol–water partition coefficient (Wildman–Crippen LogP) is 4.76. The molecule has 9 heteroatoms. The van der Waals surface area contributed by atoms with Gasteiger partial charge in [0.25, 0.3) is 5.91 Å². The average molecular weight is 514 g/mol. The molecule has 1 aliphatic heterocycles. The van der Waals surface area contributed by atoms with Crippen molar-refractivity contribution in [1.29, 1.82) is 0 Å². The Hall–Kier alpha value is -1.51. The van der Waals surface area contributed by atoms with Crippen molar-refractivity contribution in [2.45, 2.75) is 50.2 Å². The van der Waals surface area contributed by atoms with Crippen LogP contribution in [0.3, 0.4) is 0 Å². The highest BCUT2D eigenvalue weighted by Crippen LogP contribution is 2.27. The SMILES string of the molecule is CCS(=O)c1ccc(Cl)cc1CNC(=O)c1cc(F)c(CN2CCCCC2CNC)c(Cl)c1. The van der Waals surface area contributed by atoms with Crippen molar-refractivity contribution in [3.63, 3.8) is 0 Å². The number of nitrogens with one attached hydrogen (secondary N) is 2. The van der Waals surface area contributed by atoms with Crippen molar-refractivity contribution in [3.8, 4) is 0 Å². The van der Waals surface area contributed by atoms with E-state index in [2.05, 4.69) is 15.5 Å². The van der Waals surface area contributed by atoms with Gasteiger partial charge in [-0.3, -0.25) is 13.9 Å². The van der Waals surface area contributed by atoms with E-state index in [4.69, 9.17) is 23.2 Å². The summed E-state index contributed by atoms with van der Waals surface area (Å²) in [5, 5.41) is 6.70. The van der Waals surface area contributed by atoms with Crippen LogP contribution in [0.5, 0.6) is 0 Å². The summed E-state index contributed by atoms with van der Waals surface area (Å²) in [5.74, 6) is -0.490. The monoisotopic (exact) mass is 513 g/mol. The fourth-order valence-corrected chi connectivity index (χ4v) is 5.58. The van der Waals surface area contributed by atoms with Gasteiger partial charge in [-0.2, -0.15) is 0 Å². The molecule has 5 nitrogen and oxygen atoms in total. The molecule has 2 unspecified atom stereocenters. The van der Waals surface area contributed by atoms with Gasteiger partial charge in [-0.25, -0.2) is 4.39 Å². The van der Waals surface area contributed by atoms with Gasteiger partial charge in [-0.15, -0.1) is 0 Å². The Balaban J connectivity index is 1.73. The van der Waals surface area contributed by atoms with Crippen LogP contribution in [0.2, 0.25) is 10.0 Å². The number of likely N-dealkylation sites (N-methyl/N-ethyl adjacent to an activating group) is 1. The lowest BCUT2D eigenvalue weighted by Gasteiger charge is -2.36. The molecule has 0 aromatic heterocycles. The van der Waals surface area contributed by atoms with E-state index in [1.807, 2.05) is 14.0 Å². The largest absolute Gasteiger partial charge is 0.348 e. The predicted molar refractivity (Wildman–Crippen MR) is 133 cm³/mol. The third-order valence-corrected chi connectivity index (χ3v) is 7.91. The van der Waals surface area contributed by atoms with E-state index in [-0.39, 0.29) is 17.1 Å². The van der Waals surface area contributed by atoms with E-state index >= 15 is 4.39 Å². The molecule has 0 saturated carbocycles. The molecule has 1 heterocycles. The number of nitrogens with zero attached hydrogens (tertiary/aromatic N) is 1. The van der Waals surface area contributed by atoms with Crippen LogP contribution in [0.1, 0.15) is 47.7 Å². The summed E-state index contributed by atoms with van der Waals surface area (Å²) in [6, 6.07) is 8.14. The molecular formula is C24H30Cl2FN3O2S. The second-order valence-electron chi connectivity index (χ2n) is 8.17. The molecule has 1 fully saturated rings. The van der Waals surface area contributed by atoms with Crippen molar-refractivity contribution < 1.29 is 13.4 Å². The maximum absolute atomic E-state index is 15.0. The Morgan fingerprint density at radius 2 is 2.03 bits per heavy atom. The molecule has 0 spiro atoms. The summed E-state index contributed by atoms with van der Waals surface area (Å²) in [6.07, 6.45) is 3.31. The highest BCUT2D eigenvalue weighted by molar-refractivity contribution is 7.85. The lowest BCUT2D eigenvalue weighted by atomic mass is 10.0. The lowest BCUT2D eigenvalue weighted by molar-refractivity contribution is 0.0950. The third-order valence-electron chi connectivity index (χ3n) is 5.92. The number of piperidine rings is 1. The van der Waals surface area contributed by atoms with Crippen LogP contribution in [0.25, 0.3) is 0 Å². The van der Waals surface area contributed by atoms with Crippen LogP contribution in [0, 0.1) is 5.82 Å². The summed E-state index contributed by atoms with van der Waals surface area (Å²) >= 11 is 12.5. The minimum atomic E-state index is -1.19. The maximum atomic E-state index is 15.0. The standard InChI is InChI=1S/C24H30Cl2FN3O2S/c1-3-33(32)23-8-7-18(25)10-17(23)13-29-24(31)16-11-21(26)20(22(27)12-16)15-30-9-5-4-6-19(30)14-28-2/h7-8,10-12,19,28H,3-6,9,13-15H2,1-2H3,(H,29,31). The zero-order valence-electron chi connectivity index (χ0n) is 18.9. The Morgan fingerprint density at radius 1 is 1.24 bits per heavy atom. The first kappa shape index (κ1) is 26.1. The van der Waals surface area contributed by atoms with Crippen molar-refractivity contribution in [2.75, 3.05) is 25.9 Å². The summed E-state index contributed by atoms with van der Waals surface area (Å²) in [6.45, 7) is 4.10. The summed E-state index contributed by atoms with van der Waals surface area (Å²) in [4.78, 5) is 15.6. The van der Waals surface area contributed by atoms with Crippen LogP contribution in [-0.2, 0) is 23.9 Å². The minimum absolute atomic E-state index is 0.126. The molecule has 2 aromatic carbocycles. The number of amides is 1. The third kappa shape index (κ3) is 6.76. The van der Waals surface area contributed by atoms with Gasteiger partial charge in [0.15, 0.2) is 0 Å². The first-order chi connectivity index (χ1) is 15.8. The van der Waals surface area contributed by atoms with E-state index in [1.54, 1.807) is 18.2 Å². The van der Waals surface area contributed by atoms with E-state index in [0.717, 1.165) is 25.9 Å². The van der Waals surface area contributed by atoms with Crippen molar-refractivity contribution in [2.24, 2.45) is 0 Å². The molecule has 3 rings (SSSR count). The van der Waals surface area contributed by atoms with E-state index in [9.17, 15) is 9.00 Å². The number of likely N-dealkylation sites (tertiary alicyclic amines) is 1. The van der Waals surface area contributed by atoms with Gasteiger partial charge in [-0.1, -0.05) is 36.5 Å². The van der Waals surface area contributed by atoms with Gasteiger partial charge in [0, 0.05) is 57.5 Å². The highest BCUT2D eigenvalue weighted by Gasteiger charge is 2.24. The van der Waals surface area contributed by atoms with Gasteiger partial charge in [0.1, 0.15) is 5.82 Å². The molecule has 0 aliphatic carbocycles. The van der Waals surface area contributed by atoms with Crippen molar-refractivity contribution in [1.82, 2.24) is 15.5 Å². The first-order valence-corrected chi connectivity index (χ1v) is 13.2. The number of carbonyl (C=O) groups is 1. The molecule has 2 N–H and O–H groups in total. The zero-order valence-corrected chi connectivity index (χ0v) is 21.3. The summed E-state index contributed by atoms with van der Waals surface area (Å²) in [5.41, 5.74) is 1.22. The van der Waals surface area contributed by atoms with Crippen molar-refractivity contribution in [3.05, 3.63) is 62.9 Å². The first-order valence-electron chi connectivity index (χ1n) is 11.2. The van der Waals surface area contributed by atoms with Gasteiger partial charge in [-0.05, 0) is 62.3 Å². The fourth-order valence-electron chi connectivity index (χ4n) is 4.16. The quantitative estimate of drug-likeness (QED) is 0.507. The number of hydrogen-bond donors (Lipinski definition) is 2. The van der Waals surface area contributed by atoms with E-state index < -0.39 is 22.5 Å². The molecule has 2 aromatic rings. The van der Waals surface area contributed by atoms with E-state index in [0.29, 0.717) is 39.4 Å². The molecule has 1 aliphatic rings. The van der Waals surface area contributed by atoms with Crippen LogP contribution >= 0.6 is 23.2 Å². The second kappa shape index (κ2) is 12.3. The van der Waals surface area contributed by atoms with Crippen LogP contribution in [0.4, 0.5) is 4.39 Å². The average Bonchev–Trinajstić information content (AvgIpc) is 2.80.